The van der Waals surface area contributed by atoms with Gasteiger partial charge in [-0.15, -0.1) is 0 Å². The van der Waals surface area contributed by atoms with E-state index in [1.807, 2.05) is 6.07 Å². The molecule has 1 aliphatic rings. The maximum Gasteiger partial charge on any atom is 0.335 e. The highest BCUT2D eigenvalue weighted by Gasteiger charge is 2.19. The first-order chi connectivity index (χ1) is 8.22. The molecule has 0 atom stereocenters. The van der Waals surface area contributed by atoms with Crippen molar-refractivity contribution in [3.8, 4) is 6.07 Å². The molecule has 0 fully saturated rings. The van der Waals surface area contributed by atoms with E-state index in [9.17, 15) is 4.79 Å². The van der Waals surface area contributed by atoms with Crippen LogP contribution in [0.4, 0.5) is 5.69 Å². The lowest BCUT2D eigenvalue weighted by Gasteiger charge is -2.18. The first-order valence-electron chi connectivity index (χ1n) is 5.70. The third kappa shape index (κ3) is 2.39. The van der Waals surface area contributed by atoms with E-state index in [1.54, 1.807) is 12.1 Å². The molecule has 88 valence electrons. The quantitative estimate of drug-likeness (QED) is 0.804. The van der Waals surface area contributed by atoms with E-state index in [2.05, 4.69) is 11.0 Å². The number of unbranched alkanes of at least 4 members (excludes halogenated alkanes) is 1. The van der Waals surface area contributed by atoms with Crippen molar-refractivity contribution in [2.45, 2.75) is 19.3 Å². The van der Waals surface area contributed by atoms with Gasteiger partial charge in [0.15, 0.2) is 0 Å². The Morgan fingerprint density at radius 2 is 2.35 bits per heavy atom. The number of carboxylic acids is 1. The van der Waals surface area contributed by atoms with E-state index >= 15 is 0 Å². The average molecular weight is 230 g/mol. The minimum Gasteiger partial charge on any atom is -0.478 e. The number of anilines is 1. The molecule has 2 rings (SSSR count). The van der Waals surface area contributed by atoms with Crippen LogP contribution in [0, 0.1) is 11.3 Å². The summed E-state index contributed by atoms with van der Waals surface area (Å²) in [6.07, 6.45) is 2.32. The Morgan fingerprint density at radius 3 is 3.06 bits per heavy atom. The maximum atomic E-state index is 10.8. The van der Waals surface area contributed by atoms with E-state index in [1.165, 1.54) is 0 Å². The van der Waals surface area contributed by atoms with Crippen LogP contribution < -0.4 is 4.90 Å². The van der Waals surface area contributed by atoms with Crippen LogP contribution in [0.3, 0.4) is 0 Å². The molecule has 1 aromatic rings. The van der Waals surface area contributed by atoms with Gasteiger partial charge in [-0.25, -0.2) is 4.79 Å². The molecular formula is C13H14N2O2. The molecule has 1 aliphatic heterocycles. The fraction of sp³-hybridized carbons (Fsp3) is 0.385. The van der Waals surface area contributed by atoms with Gasteiger partial charge in [0.1, 0.15) is 0 Å². The van der Waals surface area contributed by atoms with Crippen LogP contribution in [0.2, 0.25) is 0 Å². The molecule has 0 saturated heterocycles. The molecule has 4 nitrogen and oxygen atoms in total. The van der Waals surface area contributed by atoms with Crippen LogP contribution in [0.25, 0.3) is 0 Å². The molecule has 17 heavy (non-hydrogen) atoms. The van der Waals surface area contributed by atoms with Crippen molar-refractivity contribution in [3.63, 3.8) is 0 Å². The van der Waals surface area contributed by atoms with Gasteiger partial charge in [0.05, 0.1) is 11.6 Å². The van der Waals surface area contributed by atoms with Crippen molar-refractivity contribution >= 4 is 11.7 Å². The van der Waals surface area contributed by atoms with Crippen molar-refractivity contribution in [2.24, 2.45) is 0 Å². The summed E-state index contributed by atoms with van der Waals surface area (Å²) < 4.78 is 0. The molecular weight excluding hydrogens is 216 g/mol. The number of nitrogens with zero attached hydrogens (tertiary/aromatic N) is 2. The second kappa shape index (κ2) is 4.88. The number of aromatic carboxylic acids is 1. The SMILES string of the molecule is N#CCCCN1CCc2cc(C(=O)O)ccc21. The summed E-state index contributed by atoms with van der Waals surface area (Å²) in [5.41, 5.74) is 2.57. The van der Waals surface area contributed by atoms with Gasteiger partial charge in [-0.05, 0) is 36.6 Å². The van der Waals surface area contributed by atoms with Crippen LogP contribution in [0.15, 0.2) is 18.2 Å². The standard InChI is InChI=1S/C13H14N2O2/c14-6-1-2-7-15-8-5-10-9-11(13(16)17)3-4-12(10)15/h3-4,9H,1-2,5,7-8H2,(H,16,17). The number of rotatable bonds is 4. The van der Waals surface area contributed by atoms with Gasteiger partial charge in [0.25, 0.3) is 0 Å². The van der Waals surface area contributed by atoms with Gasteiger partial charge in [0, 0.05) is 25.2 Å². The Balaban J connectivity index is 2.11. The summed E-state index contributed by atoms with van der Waals surface area (Å²) in [5, 5.41) is 17.4. The van der Waals surface area contributed by atoms with Gasteiger partial charge in [-0.2, -0.15) is 5.26 Å². The number of hydrogen-bond donors (Lipinski definition) is 1. The number of carbonyl (C=O) groups is 1. The maximum absolute atomic E-state index is 10.8. The van der Waals surface area contributed by atoms with Crippen LogP contribution >= 0.6 is 0 Å². The van der Waals surface area contributed by atoms with Crippen molar-refractivity contribution in [2.75, 3.05) is 18.0 Å². The van der Waals surface area contributed by atoms with Gasteiger partial charge in [0.2, 0.25) is 0 Å². The fourth-order valence-electron chi connectivity index (χ4n) is 2.18. The summed E-state index contributed by atoms with van der Waals surface area (Å²) in [5.74, 6) is -0.879. The zero-order valence-electron chi connectivity index (χ0n) is 9.52. The zero-order chi connectivity index (χ0) is 12.3. The highest BCUT2D eigenvalue weighted by atomic mass is 16.4. The van der Waals surface area contributed by atoms with Crippen LogP contribution in [0.5, 0.6) is 0 Å². The predicted octanol–water partition coefficient (Wildman–Crippen LogP) is 2.05. The molecule has 0 unspecified atom stereocenters. The molecule has 1 N–H and O–H groups in total. The Kier molecular flexibility index (Phi) is 3.29. The highest BCUT2D eigenvalue weighted by Crippen LogP contribution is 2.28. The zero-order valence-corrected chi connectivity index (χ0v) is 9.52. The number of fused-ring (bicyclic) bond motifs is 1. The largest absolute Gasteiger partial charge is 0.478 e. The molecule has 0 bridgehead atoms. The smallest absolute Gasteiger partial charge is 0.335 e. The normalized spacial score (nSPS) is 13.2. The molecule has 0 amide bonds. The van der Waals surface area contributed by atoms with Gasteiger partial charge >= 0.3 is 5.97 Å². The van der Waals surface area contributed by atoms with Crippen molar-refractivity contribution < 1.29 is 9.90 Å². The number of benzene rings is 1. The second-order valence-corrected chi connectivity index (χ2v) is 4.15. The average Bonchev–Trinajstić information content (AvgIpc) is 2.72. The lowest BCUT2D eigenvalue weighted by Crippen LogP contribution is -2.21. The van der Waals surface area contributed by atoms with E-state index in [4.69, 9.17) is 10.4 Å². The first kappa shape index (κ1) is 11.5. The Labute approximate surface area is 100 Å². The summed E-state index contributed by atoms with van der Waals surface area (Å²) in [7, 11) is 0. The summed E-state index contributed by atoms with van der Waals surface area (Å²) >= 11 is 0. The monoisotopic (exact) mass is 230 g/mol. The number of nitriles is 1. The number of carboxylic acid groups (broad SMARTS) is 1. The lowest BCUT2D eigenvalue weighted by molar-refractivity contribution is 0.0697. The van der Waals surface area contributed by atoms with E-state index in [-0.39, 0.29) is 0 Å². The minimum atomic E-state index is -0.879. The van der Waals surface area contributed by atoms with E-state index in [0.29, 0.717) is 12.0 Å². The van der Waals surface area contributed by atoms with Gasteiger partial charge < -0.3 is 10.0 Å². The lowest BCUT2D eigenvalue weighted by atomic mass is 10.1. The third-order valence-corrected chi connectivity index (χ3v) is 3.03. The van der Waals surface area contributed by atoms with Crippen LogP contribution in [-0.4, -0.2) is 24.2 Å². The van der Waals surface area contributed by atoms with Crippen molar-refractivity contribution in [3.05, 3.63) is 29.3 Å². The van der Waals surface area contributed by atoms with E-state index in [0.717, 1.165) is 37.2 Å². The Bertz CT molecular complexity index is 477. The third-order valence-electron chi connectivity index (χ3n) is 3.03. The summed E-state index contributed by atoms with van der Waals surface area (Å²) in [6.45, 7) is 1.79. The van der Waals surface area contributed by atoms with Crippen LogP contribution in [0.1, 0.15) is 28.8 Å². The minimum absolute atomic E-state index is 0.350. The molecule has 1 aromatic carbocycles. The summed E-state index contributed by atoms with van der Waals surface area (Å²) in [6, 6.07) is 7.40. The predicted molar refractivity (Wildman–Crippen MR) is 64.2 cm³/mol. The molecule has 0 spiro atoms. The molecule has 4 heteroatoms. The Morgan fingerprint density at radius 1 is 1.53 bits per heavy atom. The summed E-state index contributed by atoms with van der Waals surface area (Å²) in [4.78, 5) is 13.1. The molecule has 1 heterocycles. The second-order valence-electron chi connectivity index (χ2n) is 4.15. The van der Waals surface area contributed by atoms with Crippen LogP contribution in [-0.2, 0) is 6.42 Å². The van der Waals surface area contributed by atoms with Gasteiger partial charge in [-0.1, -0.05) is 0 Å². The van der Waals surface area contributed by atoms with Gasteiger partial charge in [-0.3, -0.25) is 0 Å². The highest BCUT2D eigenvalue weighted by molar-refractivity contribution is 5.88. The molecule has 0 aliphatic carbocycles. The fourth-order valence-corrected chi connectivity index (χ4v) is 2.18. The topological polar surface area (TPSA) is 64.3 Å². The van der Waals surface area contributed by atoms with E-state index < -0.39 is 5.97 Å². The molecule has 0 radical (unpaired) electrons. The first-order valence-corrected chi connectivity index (χ1v) is 5.70. The van der Waals surface area contributed by atoms with Crippen molar-refractivity contribution in [1.29, 1.82) is 5.26 Å². The molecule has 0 saturated carbocycles. The van der Waals surface area contributed by atoms with Crippen molar-refractivity contribution in [1.82, 2.24) is 0 Å². The molecule has 0 aromatic heterocycles. The Hall–Kier alpha value is -2.02. The number of hydrogen-bond acceptors (Lipinski definition) is 3.